The second-order valence-corrected chi connectivity index (χ2v) is 7.84. The lowest BCUT2D eigenvalue weighted by Gasteiger charge is -2.20. The Labute approximate surface area is 170 Å². The number of halogens is 1. The molecule has 0 saturated carbocycles. The van der Waals surface area contributed by atoms with Crippen LogP contribution in [0.25, 0.3) is 0 Å². The topological polar surface area (TPSA) is 58.6 Å². The van der Waals surface area contributed by atoms with Gasteiger partial charge in [-0.2, -0.15) is 0 Å². The molecule has 1 heterocycles. The van der Waals surface area contributed by atoms with Gasteiger partial charge in [-0.1, -0.05) is 43.6 Å². The highest BCUT2D eigenvalue weighted by molar-refractivity contribution is 6.31. The number of methoxy groups -OCH3 is 1. The number of carbonyl (C=O) groups is 2. The number of hydrogen-bond donors (Lipinski definition) is 1. The molecule has 5 nitrogen and oxygen atoms in total. The molecule has 28 heavy (non-hydrogen) atoms. The lowest BCUT2D eigenvalue weighted by Crippen LogP contribution is -2.28. The number of nitrogens with one attached hydrogen (secondary N) is 1. The normalized spacial score (nSPS) is 16.6. The molecule has 1 aliphatic heterocycles. The van der Waals surface area contributed by atoms with Gasteiger partial charge in [-0.3, -0.25) is 9.59 Å². The first-order chi connectivity index (χ1) is 13.3. The minimum Gasteiger partial charge on any atom is -0.495 e. The summed E-state index contributed by atoms with van der Waals surface area (Å²) < 4.78 is 5.36. The first-order valence-corrected chi connectivity index (χ1v) is 9.74. The van der Waals surface area contributed by atoms with Crippen molar-refractivity contribution in [2.45, 2.75) is 33.1 Å². The average molecular weight is 401 g/mol. The molecule has 3 rings (SSSR count). The van der Waals surface area contributed by atoms with E-state index < -0.39 is 5.92 Å². The molecule has 2 aromatic rings. The monoisotopic (exact) mass is 400 g/mol. The van der Waals surface area contributed by atoms with Gasteiger partial charge in [0.15, 0.2) is 0 Å². The summed E-state index contributed by atoms with van der Waals surface area (Å²) in [6.07, 6.45) is 0.157. The smallest absolute Gasteiger partial charge is 0.229 e. The summed E-state index contributed by atoms with van der Waals surface area (Å²) in [5, 5.41) is 3.57. The molecule has 1 unspecified atom stereocenters. The van der Waals surface area contributed by atoms with Crippen LogP contribution in [0.4, 0.5) is 11.4 Å². The highest BCUT2D eigenvalue weighted by Crippen LogP contribution is 2.36. The van der Waals surface area contributed by atoms with Crippen molar-refractivity contribution in [3.8, 4) is 5.75 Å². The van der Waals surface area contributed by atoms with E-state index in [-0.39, 0.29) is 24.2 Å². The second kappa shape index (κ2) is 8.23. The quantitative estimate of drug-likeness (QED) is 0.786. The molecule has 1 aliphatic rings. The maximum atomic E-state index is 12.9. The fourth-order valence-electron chi connectivity index (χ4n) is 3.56. The third kappa shape index (κ3) is 3.99. The molecule has 2 amide bonds. The van der Waals surface area contributed by atoms with E-state index in [1.54, 1.807) is 30.2 Å². The number of aryl methyl sites for hydroxylation is 1. The van der Waals surface area contributed by atoms with Crippen LogP contribution in [0.15, 0.2) is 36.4 Å². The fraction of sp³-hybridized carbons (Fsp3) is 0.364. The molecule has 0 spiro atoms. The van der Waals surface area contributed by atoms with Crippen LogP contribution < -0.4 is 15.0 Å². The van der Waals surface area contributed by atoms with E-state index in [2.05, 4.69) is 19.2 Å². The zero-order valence-electron chi connectivity index (χ0n) is 16.6. The molecule has 1 saturated heterocycles. The Hall–Kier alpha value is -2.53. The van der Waals surface area contributed by atoms with E-state index >= 15 is 0 Å². The Bertz CT molecular complexity index is 911. The molecule has 148 valence electrons. The van der Waals surface area contributed by atoms with Crippen LogP contribution >= 0.6 is 11.6 Å². The van der Waals surface area contributed by atoms with Gasteiger partial charge in [-0.15, -0.1) is 0 Å². The predicted octanol–water partition coefficient (Wildman–Crippen LogP) is 4.77. The predicted molar refractivity (Wildman–Crippen MR) is 112 cm³/mol. The molecular formula is C22H25ClN2O3. The van der Waals surface area contributed by atoms with E-state index in [0.29, 0.717) is 23.0 Å². The summed E-state index contributed by atoms with van der Waals surface area (Å²) >= 11 is 6.10. The Morgan fingerprint density at radius 1 is 1.29 bits per heavy atom. The van der Waals surface area contributed by atoms with Crippen molar-refractivity contribution in [3.63, 3.8) is 0 Å². The minimum absolute atomic E-state index is 0.116. The van der Waals surface area contributed by atoms with E-state index in [1.807, 2.05) is 25.1 Å². The number of hydrogen-bond acceptors (Lipinski definition) is 3. The van der Waals surface area contributed by atoms with Crippen LogP contribution in [0.1, 0.15) is 37.3 Å². The van der Waals surface area contributed by atoms with Crippen molar-refractivity contribution in [3.05, 3.63) is 52.5 Å². The molecular weight excluding hydrogens is 376 g/mol. The van der Waals surface area contributed by atoms with Crippen molar-refractivity contribution >= 4 is 34.8 Å². The number of benzene rings is 2. The minimum atomic E-state index is -0.434. The first-order valence-electron chi connectivity index (χ1n) is 9.36. The van der Waals surface area contributed by atoms with Gasteiger partial charge in [0.1, 0.15) is 5.75 Å². The summed E-state index contributed by atoms with van der Waals surface area (Å²) in [4.78, 5) is 27.1. The summed E-state index contributed by atoms with van der Waals surface area (Å²) in [6.45, 7) is 6.46. The van der Waals surface area contributed by atoms with E-state index in [4.69, 9.17) is 16.3 Å². The average Bonchev–Trinajstić information content (AvgIpc) is 3.04. The molecule has 1 N–H and O–H groups in total. The number of ether oxygens (including phenoxy) is 1. The molecule has 0 radical (unpaired) electrons. The van der Waals surface area contributed by atoms with Crippen molar-refractivity contribution in [2.75, 3.05) is 23.9 Å². The van der Waals surface area contributed by atoms with Gasteiger partial charge < -0.3 is 15.0 Å². The van der Waals surface area contributed by atoms with E-state index in [9.17, 15) is 9.59 Å². The number of rotatable bonds is 5. The van der Waals surface area contributed by atoms with Crippen molar-refractivity contribution in [1.29, 1.82) is 0 Å². The summed E-state index contributed by atoms with van der Waals surface area (Å²) in [6, 6.07) is 11.1. The van der Waals surface area contributed by atoms with E-state index in [0.717, 1.165) is 16.8 Å². The second-order valence-electron chi connectivity index (χ2n) is 7.40. The van der Waals surface area contributed by atoms with Crippen LogP contribution in [0.2, 0.25) is 5.02 Å². The molecule has 0 bridgehead atoms. The maximum Gasteiger partial charge on any atom is 0.229 e. The molecule has 6 heteroatoms. The Morgan fingerprint density at radius 3 is 2.71 bits per heavy atom. The summed E-state index contributed by atoms with van der Waals surface area (Å²) in [5.41, 5.74) is 3.53. The van der Waals surface area contributed by atoms with Crippen LogP contribution in [0.5, 0.6) is 5.75 Å². The number of anilines is 2. The van der Waals surface area contributed by atoms with Crippen LogP contribution in [0, 0.1) is 12.8 Å². The third-order valence-electron chi connectivity index (χ3n) is 5.10. The van der Waals surface area contributed by atoms with Gasteiger partial charge in [-0.25, -0.2) is 0 Å². The Kier molecular flexibility index (Phi) is 5.94. The van der Waals surface area contributed by atoms with Gasteiger partial charge in [0, 0.05) is 23.7 Å². The summed E-state index contributed by atoms with van der Waals surface area (Å²) in [5.74, 6) is 0.144. The molecule has 1 fully saturated rings. The SMILES string of the molecule is COc1ccc(Cl)cc1N1CC(C(=O)Nc2c(C)cccc2C(C)C)CC1=O. The molecule has 0 aliphatic carbocycles. The fourth-order valence-corrected chi connectivity index (χ4v) is 3.72. The molecule has 1 atom stereocenters. The number of para-hydroxylation sites is 1. The number of carbonyl (C=O) groups excluding carboxylic acids is 2. The lowest BCUT2D eigenvalue weighted by atomic mass is 9.97. The zero-order valence-corrected chi connectivity index (χ0v) is 17.3. The first kappa shape index (κ1) is 20.2. The van der Waals surface area contributed by atoms with Gasteiger partial charge in [0.05, 0.1) is 18.7 Å². The van der Waals surface area contributed by atoms with Crippen LogP contribution in [-0.4, -0.2) is 25.5 Å². The van der Waals surface area contributed by atoms with Gasteiger partial charge in [0.2, 0.25) is 11.8 Å². The van der Waals surface area contributed by atoms with Crippen LogP contribution in [-0.2, 0) is 9.59 Å². The summed E-state index contributed by atoms with van der Waals surface area (Å²) in [7, 11) is 1.54. The largest absolute Gasteiger partial charge is 0.495 e. The highest BCUT2D eigenvalue weighted by Gasteiger charge is 2.36. The molecule has 0 aromatic heterocycles. The zero-order chi connectivity index (χ0) is 20.4. The van der Waals surface area contributed by atoms with Crippen LogP contribution in [0.3, 0.4) is 0 Å². The van der Waals surface area contributed by atoms with Gasteiger partial charge in [-0.05, 0) is 42.2 Å². The van der Waals surface area contributed by atoms with Crippen molar-refractivity contribution in [1.82, 2.24) is 0 Å². The van der Waals surface area contributed by atoms with Gasteiger partial charge in [0.25, 0.3) is 0 Å². The molecule has 2 aromatic carbocycles. The Morgan fingerprint density at radius 2 is 2.04 bits per heavy atom. The third-order valence-corrected chi connectivity index (χ3v) is 5.34. The van der Waals surface area contributed by atoms with E-state index in [1.165, 1.54) is 0 Å². The van der Waals surface area contributed by atoms with Crippen molar-refractivity contribution in [2.24, 2.45) is 5.92 Å². The number of amides is 2. The van der Waals surface area contributed by atoms with Crippen molar-refractivity contribution < 1.29 is 14.3 Å². The van der Waals surface area contributed by atoms with Gasteiger partial charge >= 0.3 is 0 Å². The Balaban J connectivity index is 1.81. The highest BCUT2D eigenvalue weighted by atomic mass is 35.5. The maximum absolute atomic E-state index is 12.9. The standard InChI is InChI=1S/C22H25ClN2O3/c1-13(2)17-7-5-6-14(3)21(17)24-22(27)15-10-20(26)25(12-15)18-11-16(23)8-9-19(18)28-4/h5-9,11,13,15H,10,12H2,1-4H3,(H,24,27). The number of nitrogens with zero attached hydrogens (tertiary/aromatic N) is 1. The lowest BCUT2D eigenvalue weighted by molar-refractivity contribution is -0.122.